The Hall–Kier alpha value is -1.76. The van der Waals surface area contributed by atoms with Crippen molar-refractivity contribution in [1.29, 1.82) is 0 Å². The number of nitrogens with zero attached hydrogens (tertiary/aromatic N) is 1. The minimum Gasteiger partial charge on any atom is -0.348 e. The van der Waals surface area contributed by atoms with Crippen LogP contribution in [0.25, 0.3) is 0 Å². The first kappa shape index (κ1) is 21.5. The number of carbonyl (C=O) groups excluding carboxylic acids is 1. The first-order valence-electron chi connectivity index (χ1n) is 8.40. The SMILES string of the molecule is CC[C@H](NC(=O)CN(c1cc(Cl)cc(Cl)c1)S(C)(=O)=O)c1ccc(C)cc1. The number of hydrogen-bond donors (Lipinski definition) is 1. The van der Waals surface area contributed by atoms with Crippen molar-refractivity contribution in [2.75, 3.05) is 17.1 Å². The van der Waals surface area contributed by atoms with Crippen LogP contribution in [0.2, 0.25) is 10.0 Å². The van der Waals surface area contributed by atoms with Gasteiger partial charge >= 0.3 is 0 Å². The van der Waals surface area contributed by atoms with E-state index in [-0.39, 0.29) is 28.3 Å². The molecular weight excluding hydrogens is 407 g/mol. The Morgan fingerprint density at radius 2 is 1.67 bits per heavy atom. The first-order chi connectivity index (χ1) is 12.6. The minimum atomic E-state index is -3.70. The van der Waals surface area contributed by atoms with Gasteiger partial charge in [0.25, 0.3) is 0 Å². The molecule has 0 saturated carbocycles. The van der Waals surface area contributed by atoms with E-state index in [1.807, 2.05) is 38.1 Å². The summed E-state index contributed by atoms with van der Waals surface area (Å²) < 4.78 is 25.4. The summed E-state index contributed by atoms with van der Waals surface area (Å²) in [5.41, 5.74) is 2.34. The molecular formula is C19H22Cl2N2O3S. The molecule has 146 valence electrons. The Labute approximate surface area is 170 Å². The number of hydrogen-bond acceptors (Lipinski definition) is 3. The largest absolute Gasteiger partial charge is 0.348 e. The van der Waals surface area contributed by atoms with Gasteiger partial charge in [-0.1, -0.05) is 60.0 Å². The average molecular weight is 429 g/mol. The van der Waals surface area contributed by atoms with Crippen molar-refractivity contribution in [2.45, 2.75) is 26.3 Å². The molecule has 2 rings (SSSR count). The minimum absolute atomic E-state index is 0.206. The number of carbonyl (C=O) groups is 1. The summed E-state index contributed by atoms with van der Waals surface area (Å²) in [6, 6.07) is 12.1. The van der Waals surface area contributed by atoms with Crippen LogP contribution in [-0.2, 0) is 14.8 Å². The lowest BCUT2D eigenvalue weighted by atomic mass is 10.0. The van der Waals surface area contributed by atoms with E-state index in [2.05, 4.69) is 5.32 Å². The molecule has 0 aliphatic heterocycles. The van der Waals surface area contributed by atoms with Crippen molar-refractivity contribution >= 4 is 44.8 Å². The summed E-state index contributed by atoms with van der Waals surface area (Å²) >= 11 is 11.9. The topological polar surface area (TPSA) is 66.5 Å². The van der Waals surface area contributed by atoms with Gasteiger partial charge in [-0.15, -0.1) is 0 Å². The van der Waals surface area contributed by atoms with E-state index in [0.717, 1.165) is 21.7 Å². The second kappa shape index (κ2) is 8.95. The molecule has 0 bridgehead atoms. The summed E-state index contributed by atoms with van der Waals surface area (Å²) in [6.07, 6.45) is 1.71. The van der Waals surface area contributed by atoms with Crippen LogP contribution in [-0.4, -0.2) is 27.1 Å². The number of halogens is 2. The monoisotopic (exact) mass is 428 g/mol. The molecule has 0 unspecified atom stereocenters. The Bertz CT molecular complexity index is 895. The lowest BCUT2D eigenvalue weighted by Crippen LogP contribution is -2.41. The van der Waals surface area contributed by atoms with Crippen LogP contribution in [0.15, 0.2) is 42.5 Å². The van der Waals surface area contributed by atoms with Crippen molar-refractivity contribution in [1.82, 2.24) is 5.32 Å². The van der Waals surface area contributed by atoms with Crippen molar-refractivity contribution in [3.63, 3.8) is 0 Å². The predicted octanol–water partition coefficient (Wildman–Crippen LogP) is 4.34. The Morgan fingerprint density at radius 1 is 1.11 bits per heavy atom. The number of sulfonamides is 1. The fourth-order valence-corrected chi connectivity index (χ4v) is 4.03. The smallest absolute Gasteiger partial charge is 0.241 e. The van der Waals surface area contributed by atoms with Gasteiger partial charge in [0, 0.05) is 10.0 Å². The summed E-state index contributed by atoms with van der Waals surface area (Å²) in [5.74, 6) is -0.413. The standard InChI is InChI=1S/C19H22Cl2N2O3S/c1-4-18(14-7-5-13(2)6-8-14)22-19(24)12-23(27(3,25)26)17-10-15(20)9-16(21)11-17/h5-11,18H,4,12H2,1-3H3,(H,22,24)/t18-/m0/s1. The second-order valence-electron chi connectivity index (χ2n) is 6.34. The van der Waals surface area contributed by atoms with Gasteiger partial charge in [0.15, 0.2) is 0 Å². The van der Waals surface area contributed by atoms with Crippen LogP contribution in [0.5, 0.6) is 0 Å². The molecule has 0 aliphatic carbocycles. The van der Waals surface area contributed by atoms with E-state index < -0.39 is 15.9 Å². The molecule has 0 saturated heterocycles. The Balaban J connectivity index is 2.21. The van der Waals surface area contributed by atoms with Gasteiger partial charge in [-0.2, -0.15) is 0 Å². The van der Waals surface area contributed by atoms with Gasteiger partial charge in [0.2, 0.25) is 15.9 Å². The normalized spacial score (nSPS) is 12.5. The Morgan fingerprint density at radius 3 is 2.15 bits per heavy atom. The predicted molar refractivity (Wildman–Crippen MR) is 111 cm³/mol. The molecule has 0 heterocycles. The van der Waals surface area contributed by atoms with Gasteiger partial charge in [-0.25, -0.2) is 8.42 Å². The van der Waals surface area contributed by atoms with E-state index in [4.69, 9.17) is 23.2 Å². The van der Waals surface area contributed by atoms with Crippen LogP contribution >= 0.6 is 23.2 Å². The summed E-state index contributed by atoms with van der Waals surface area (Å²) in [7, 11) is -3.70. The molecule has 2 aromatic rings. The highest BCUT2D eigenvalue weighted by Gasteiger charge is 2.23. The fourth-order valence-electron chi connectivity index (χ4n) is 2.67. The zero-order valence-corrected chi connectivity index (χ0v) is 17.7. The van der Waals surface area contributed by atoms with Crippen molar-refractivity contribution < 1.29 is 13.2 Å². The van der Waals surface area contributed by atoms with Crippen LogP contribution < -0.4 is 9.62 Å². The lowest BCUT2D eigenvalue weighted by Gasteiger charge is -2.24. The van der Waals surface area contributed by atoms with Gasteiger partial charge in [0.05, 0.1) is 18.0 Å². The van der Waals surface area contributed by atoms with Crippen LogP contribution in [0.4, 0.5) is 5.69 Å². The fraction of sp³-hybridized carbons (Fsp3) is 0.316. The van der Waals surface area contributed by atoms with Crippen molar-refractivity contribution in [3.8, 4) is 0 Å². The van der Waals surface area contributed by atoms with Crippen LogP contribution in [0.3, 0.4) is 0 Å². The maximum atomic E-state index is 12.6. The third kappa shape index (κ3) is 6.13. The Kier molecular flexibility index (Phi) is 7.14. The van der Waals surface area contributed by atoms with Gasteiger partial charge in [-0.3, -0.25) is 9.10 Å². The van der Waals surface area contributed by atoms with Crippen molar-refractivity contribution in [3.05, 3.63) is 63.6 Å². The number of benzene rings is 2. The highest BCUT2D eigenvalue weighted by atomic mass is 35.5. The van der Waals surface area contributed by atoms with E-state index in [1.54, 1.807) is 0 Å². The maximum Gasteiger partial charge on any atom is 0.241 e. The second-order valence-corrected chi connectivity index (χ2v) is 9.12. The van der Waals surface area contributed by atoms with Gasteiger partial charge < -0.3 is 5.32 Å². The molecule has 5 nitrogen and oxygen atoms in total. The highest BCUT2D eigenvalue weighted by Crippen LogP contribution is 2.27. The summed E-state index contributed by atoms with van der Waals surface area (Å²) in [4.78, 5) is 12.6. The number of anilines is 1. The first-order valence-corrected chi connectivity index (χ1v) is 11.0. The average Bonchev–Trinajstić information content (AvgIpc) is 2.56. The van der Waals surface area contributed by atoms with E-state index in [0.29, 0.717) is 6.42 Å². The third-order valence-electron chi connectivity index (χ3n) is 4.05. The molecule has 1 N–H and O–H groups in total. The number of aryl methyl sites for hydroxylation is 1. The number of rotatable bonds is 7. The van der Waals surface area contributed by atoms with E-state index >= 15 is 0 Å². The number of amides is 1. The quantitative estimate of drug-likeness (QED) is 0.712. The molecule has 0 aliphatic rings. The molecule has 0 radical (unpaired) electrons. The molecule has 0 spiro atoms. The molecule has 2 aromatic carbocycles. The zero-order chi connectivity index (χ0) is 20.2. The molecule has 1 amide bonds. The molecule has 0 fully saturated rings. The lowest BCUT2D eigenvalue weighted by molar-refractivity contribution is -0.120. The van der Waals surface area contributed by atoms with E-state index in [9.17, 15) is 13.2 Å². The van der Waals surface area contributed by atoms with Crippen LogP contribution in [0, 0.1) is 6.92 Å². The van der Waals surface area contributed by atoms with Crippen molar-refractivity contribution in [2.24, 2.45) is 0 Å². The molecule has 1 atom stereocenters. The number of nitrogens with one attached hydrogen (secondary N) is 1. The molecule has 0 aromatic heterocycles. The van der Waals surface area contributed by atoms with Gasteiger partial charge in [-0.05, 0) is 37.1 Å². The third-order valence-corrected chi connectivity index (χ3v) is 5.62. The summed E-state index contributed by atoms with van der Waals surface area (Å²) in [6.45, 7) is 3.58. The molecule has 27 heavy (non-hydrogen) atoms. The summed E-state index contributed by atoms with van der Waals surface area (Å²) in [5, 5.41) is 3.47. The van der Waals surface area contributed by atoms with Gasteiger partial charge in [0.1, 0.15) is 6.54 Å². The highest BCUT2D eigenvalue weighted by molar-refractivity contribution is 7.92. The zero-order valence-electron chi connectivity index (χ0n) is 15.4. The maximum absolute atomic E-state index is 12.6. The van der Waals surface area contributed by atoms with Crippen LogP contribution in [0.1, 0.15) is 30.5 Å². The van der Waals surface area contributed by atoms with E-state index in [1.165, 1.54) is 18.2 Å². The molecule has 8 heteroatoms.